The molecule has 0 aliphatic carbocycles. The van der Waals surface area contributed by atoms with Gasteiger partial charge >= 0.3 is 5.63 Å². The molecule has 3 nitrogen and oxygen atoms in total. The Labute approximate surface area is 101 Å². The van der Waals surface area contributed by atoms with E-state index >= 15 is 0 Å². The van der Waals surface area contributed by atoms with Crippen LogP contribution in [0, 0.1) is 6.92 Å². The summed E-state index contributed by atoms with van der Waals surface area (Å²) in [5, 5.41) is 0.859. The van der Waals surface area contributed by atoms with E-state index in [1.807, 2.05) is 25.1 Å². The zero-order valence-electron chi connectivity index (χ0n) is 10.5. The molecule has 0 bridgehead atoms. The molecule has 0 spiro atoms. The van der Waals surface area contributed by atoms with E-state index in [0.717, 1.165) is 10.9 Å². The van der Waals surface area contributed by atoms with Gasteiger partial charge in [0.05, 0.1) is 11.5 Å². The van der Waals surface area contributed by atoms with Gasteiger partial charge in [-0.3, -0.25) is 0 Å². The molecule has 90 valence electrons. The summed E-state index contributed by atoms with van der Waals surface area (Å²) >= 11 is 0. The van der Waals surface area contributed by atoms with Crippen molar-refractivity contribution in [1.82, 2.24) is 0 Å². The number of hydrogen-bond donors (Lipinski definition) is 0. The Hall–Kier alpha value is -1.55. The first kappa shape index (κ1) is 11.9. The average Bonchev–Trinajstić information content (AvgIpc) is 2.13. The molecule has 0 N–H and O–H groups in total. The van der Waals surface area contributed by atoms with Gasteiger partial charge in [-0.2, -0.15) is 0 Å². The van der Waals surface area contributed by atoms with Crippen LogP contribution < -0.4 is 10.1 Å². The summed E-state index contributed by atoms with van der Waals surface area (Å²) in [7, 11) is -1.73. The lowest BCUT2D eigenvalue weighted by molar-refractivity contribution is 0.526. The van der Waals surface area contributed by atoms with Crippen molar-refractivity contribution in [3.8, 4) is 5.75 Å². The lowest BCUT2D eigenvalue weighted by Crippen LogP contribution is -2.29. The number of fused-ring (bicyclic) bond motifs is 1. The maximum atomic E-state index is 11.5. The molecule has 0 saturated carbocycles. The quantitative estimate of drug-likeness (QED) is 0.604. The van der Waals surface area contributed by atoms with Crippen molar-refractivity contribution in [2.24, 2.45) is 0 Å². The van der Waals surface area contributed by atoms with Crippen LogP contribution in [0.15, 0.2) is 33.5 Å². The predicted octanol–water partition coefficient (Wildman–Crippen LogP) is 3.32. The minimum Gasteiger partial charge on any atom is -0.544 e. The van der Waals surface area contributed by atoms with Gasteiger partial charge in [-0.25, -0.2) is 4.79 Å². The van der Waals surface area contributed by atoms with Gasteiger partial charge in [-0.15, -0.1) is 0 Å². The van der Waals surface area contributed by atoms with E-state index < -0.39 is 8.32 Å². The molecule has 0 aliphatic rings. The largest absolute Gasteiger partial charge is 0.544 e. The van der Waals surface area contributed by atoms with Crippen LogP contribution in [-0.2, 0) is 0 Å². The van der Waals surface area contributed by atoms with E-state index in [1.54, 1.807) is 0 Å². The highest BCUT2D eigenvalue weighted by atomic mass is 28.4. The zero-order chi connectivity index (χ0) is 12.6. The monoisotopic (exact) mass is 248 g/mol. The third-order valence-corrected chi connectivity index (χ3v) is 3.11. The van der Waals surface area contributed by atoms with Crippen LogP contribution in [0.3, 0.4) is 0 Å². The summed E-state index contributed by atoms with van der Waals surface area (Å²) in [5.74, 6) is 0.635. The van der Waals surface area contributed by atoms with Gasteiger partial charge in [-0.1, -0.05) is 6.07 Å². The number of aryl methyl sites for hydroxylation is 1. The van der Waals surface area contributed by atoms with Gasteiger partial charge in [-0.05, 0) is 44.3 Å². The van der Waals surface area contributed by atoms with Crippen molar-refractivity contribution >= 4 is 19.3 Å². The fourth-order valence-electron chi connectivity index (χ4n) is 1.65. The van der Waals surface area contributed by atoms with Crippen LogP contribution in [0.2, 0.25) is 19.6 Å². The molecule has 17 heavy (non-hydrogen) atoms. The molecular formula is C13H16O3Si. The van der Waals surface area contributed by atoms with Crippen molar-refractivity contribution in [3.05, 3.63) is 40.2 Å². The van der Waals surface area contributed by atoms with Crippen molar-refractivity contribution in [3.63, 3.8) is 0 Å². The van der Waals surface area contributed by atoms with E-state index in [9.17, 15) is 4.79 Å². The number of benzene rings is 1. The van der Waals surface area contributed by atoms with E-state index in [1.165, 1.54) is 6.07 Å². The smallest absolute Gasteiger partial charge is 0.339 e. The third-order valence-electron chi connectivity index (χ3n) is 2.28. The lowest BCUT2D eigenvalue weighted by Gasteiger charge is -2.19. The molecule has 4 heteroatoms. The Morgan fingerprint density at radius 1 is 1.18 bits per heavy atom. The maximum Gasteiger partial charge on any atom is 0.339 e. The molecule has 0 saturated heterocycles. The van der Waals surface area contributed by atoms with E-state index in [0.29, 0.717) is 11.3 Å². The molecule has 0 radical (unpaired) electrons. The van der Waals surface area contributed by atoms with Crippen LogP contribution in [0.1, 0.15) is 5.56 Å². The van der Waals surface area contributed by atoms with Crippen molar-refractivity contribution in [1.29, 1.82) is 0 Å². The standard InChI is InChI=1S/C13H16O3Si/c1-9-5-6-10-11(7-9)15-13(14)8-12(10)16-17(2,3)4/h5-8H,1-4H3. The fraction of sp³-hybridized carbons (Fsp3) is 0.308. The molecule has 0 amide bonds. The maximum absolute atomic E-state index is 11.5. The highest BCUT2D eigenvalue weighted by Crippen LogP contribution is 2.26. The first-order valence-corrected chi connectivity index (χ1v) is 8.99. The normalized spacial score (nSPS) is 11.8. The summed E-state index contributed by atoms with van der Waals surface area (Å²) in [6, 6.07) is 7.20. The molecule has 1 aromatic carbocycles. The zero-order valence-corrected chi connectivity index (χ0v) is 11.5. The molecule has 1 aromatic heterocycles. The van der Waals surface area contributed by atoms with Crippen molar-refractivity contribution in [2.45, 2.75) is 26.6 Å². The summed E-state index contributed by atoms with van der Waals surface area (Å²) in [6.45, 7) is 8.22. The molecule has 0 aliphatic heterocycles. The van der Waals surface area contributed by atoms with Crippen LogP contribution in [0.5, 0.6) is 5.75 Å². The first-order chi connectivity index (χ1) is 7.85. The van der Waals surface area contributed by atoms with Crippen LogP contribution in [-0.4, -0.2) is 8.32 Å². The fourth-order valence-corrected chi connectivity index (χ4v) is 2.48. The number of hydrogen-bond acceptors (Lipinski definition) is 3. The van der Waals surface area contributed by atoms with Crippen molar-refractivity contribution < 1.29 is 8.84 Å². The minimum absolute atomic E-state index is 0.364. The highest BCUT2D eigenvalue weighted by molar-refractivity contribution is 6.70. The van der Waals surface area contributed by atoms with Crippen LogP contribution >= 0.6 is 0 Å². The second-order valence-electron chi connectivity index (χ2n) is 5.14. The topological polar surface area (TPSA) is 39.4 Å². The van der Waals surface area contributed by atoms with E-state index in [-0.39, 0.29) is 5.63 Å². The molecule has 0 fully saturated rings. The minimum atomic E-state index is -1.73. The second-order valence-corrected chi connectivity index (χ2v) is 9.57. The van der Waals surface area contributed by atoms with Gasteiger partial charge < -0.3 is 8.84 Å². The Balaban J connectivity index is 2.66. The Kier molecular flexibility index (Phi) is 2.83. The molecule has 0 atom stereocenters. The summed E-state index contributed by atoms with van der Waals surface area (Å²) < 4.78 is 11.1. The molecule has 2 rings (SSSR count). The number of rotatable bonds is 2. The molecule has 2 aromatic rings. The molecular weight excluding hydrogens is 232 g/mol. The summed E-state index contributed by atoms with van der Waals surface area (Å²) in [4.78, 5) is 11.5. The SMILES string of the molecule is Cc1ccc2c(O[Si](C)(C)C)cc(=O)oc2c1. The van der Waals surface area contributed by atoms with Crippen LogP contribution in [0.25, 0.3) is 11.0 Å². The predicted molar refractivity (Wildman–Crippen MR) is 71.2 cm³/mol. The average molecular weight is 248 g/mol. The van der Waals surface area contributed by atoms with Crippen molar-refractivity contribution in [2.75, 3.05) is 0 Å². The summed E-state index contributed by atoms with van der Waals surface area (Å²) in [5.41, 5.74) is 1.29. The highest BCUT2D eigenvalue weighted by Gasteiger charge is 2.18. The van der Waals surface area contributed by atoms with Gasteiger partial charge in [0.15, 0.2) is 0 Å². The van der Waals surface area contributed by atoms with Gasteiger partial charge in [0.1, 0.15) is 11.3 Å². The Bertz CT molecular complexity index is 608. The second kappa shape index (κ2) is 4.03. The van der Waals surface area contributed by atoms with E-state index in [4.69, 9.17) is 8.84 Å². The first-order valence-electron chi connectivity index (χ1n) is 5.59. The lowest BCUT2D eigenvalue weighted by atomic mass is 10.1. The third kappa shape index (κ3) is 2.77. The van der Waals surface area contributed by atoms with E-state index in [2.05, 4.69) is 19.6 Å². The molecule has 0 unspecified atom stereocenters. The molecule has 1 heterocycles. The van der Waals surface area contributed by atoms with Gasteiger partial charge in [0.2, 0.25) is 8.32 Å². The Morgan fingerprint density at radius 3 is 2.53 bits per heavy atom. The summed E-state index contributed by atoms with van der Waals surface area (Å²) in [6.07, 6.45) is 0. The van der Waals surface area contributed by atoms with Crippen LogP contribution in [0.4, 0.5) is 0 Å². The van der Waals surface area contributed by atoms with Gasteiger partial charge in [0.25, 0.3) is 0 Å². The van der Waals surface area contributed by atoms with Gasteiger partial charge in [0, 0.05) is 0 Å². The Morgan fingerprint density at radius 2 is 1.88 bits per heavy atom.